The average Bonchev–Trinajstić information content (AvgIpc) is 2.81. The third-order valence-electron chi connectivity index (χ3n) is 2.58. The molecule has 0 fully saturated rings. The lowest BCUT2D eigenvalue weighted by Gasteiger charge is -1.94. The van der Waals surface area contributed by atoms with Crippen molar-refractivity contribution in [2.45, 2.75) is 0 Å². The number of nitriles is 1. The molecule has 0 unspecified atom stereocenters. The number of benzene rings is 1. The average molecular weight is 238 g/mol. The van der Waals surface area contributed by atoms with Crippen LogP contribution in [0.1, 0.15) is 5.56 Å². The van der Waals surface area contributed by atoms with E-state index in [1.54, 1.807) is 18.2 Å². The third-order valence-corrected chi connectivity index (χ3v) is 2.58. The number of nitrogens with zero attached hydrogens (tertiary/aromatic N) is 3. The Hall–Kier alpha value is -2.74. The number of hydrogen-bond donors (Lipinski definition) is 1. The maximum Gasteiger partial charge on any atom is 0.157 e. The van der Waals surface area contributed by atoms with Crippen LogP contribution in [0.3, 0.4) is 0 Å². The minimum Gasteiger partial charge on any atom is -0.337 e. The number of pyridine rings is 1. The van der Waals surface area contributed by atoms with Gasteiger partial charge in [-0.25, -0.2) is 9.37 Å². The Kier molecular flexibility index (Phi) is 2.27. The van der Waals surface area contributed by atoms with Crippen LogP contribution in [0, 0.1) is 17.1 Å². The van der Waals surface area contributed by atoms with Gasteiger partial charge in [0, 0.05) is 6.20 Å². The molecular formula is C13H7FN4. The van der Waals surface area contributed by atoms with Crippen LogP contribution in [0.2, 0.25) is 0 Å². The molecule has 0 aliphatic carbocycles. The summed E-state index contributed by atoms with van der Waals surface area (Å²) in [5, 5.41) is 8.69. The molecule has 4 nitrogen and oxygen atoms in total. The summed E-state index contributed by atoms with van der Waals surface area (Å²) in [6, 6.07) is 9.71. The Bertz CT molecular complexity index is 753. The van der Waals surface area contributed by atoms with Gasteiger partial charge in [-0.05, 0) is 30.3 Å². The number of nitrogens with one attached hydrogen (secondary N) is 1. The Morgan fingerprint density at radius 1 is 1.22 bits per heavy atom. The van der Waals surface area contributed by atoms with Gasteiger partial charge in [0.1, 0.15) is 17.6 Å². The molecule has 1 N–H and O–H groups in total. The summed E-state index contributed by atoms with van der Waals surface area (Å²) in [5.74, 6) is 0.241. The van der Waals surface area contributed by atoms with E-state index < -0.39 is 0 Å². The second kappa shape index (κ2) is 3.93. The van der Waals surface area contributed by atoms with Crippen LogP contribution in [0.15, 0.2) is 36.5 Å². The number of rotatable bonds is 1. The maximum absolute atomic E-state index is 13.0. The zero-order valence-electron chi connectivity index (χ0n) is 9.18. The van der Waals surface area contributed by atoms with Gasteiger partial charge in [-0.2, -0.15) is 5.26 Å². The second-order valence-electron chi connectivity index (χ2n) is 3.79. The first-order valence-corrected chi connectivity index (χ1v) is 5.28. The highest BCUT2D eigenvalue weighted by molar-refractivity contribution is 5.78. The molecule has 0 atom stereocenters. The van der Waals surface area contributed by atoms with Crippen LogP contribution < -0.4 is 0 Å². The number of H-pyrrole nitrogens is 1. The first kappa shape index (κ1) is 10.4. The molecule has 0 aliphatic heterocycles. The normalized spacial score (nSPS) is 10.4. The van der Waals surface area contributed by atoms with Crippen LogP contribution >= 0.6 is 0 Å². The molecule has 1 aromatic carbocycles. The van der Waals surface area contributed by atoms with Crippen molar-refractivity contribution in [3.8, 4) is 17.6 Å². The summed E-state index contributed by atoms with van der Waals surface area (Å²) in [6.07, 6.45) is 1.48. The van der Waals surface area contributed by atoms with E-state index in [0.29, 0.717) is 28.1 Å². The van der Waals surface area contributed by atoms with Gasteiger partial charge in [-0.15, -0.1) is 0 Å². The van der Waals surface area contributed by atoms with Gasteiger partial charge in [0.2, 0.25) is 0 Å². The van der Waals surface area contributed by atoms with Crippen LogP contribution in [0.4, 0.5) is 4.39 Å². The van der Waals surface area contributed by atoms with Crippen molar-refractivity contribution in [1.82, 2.24) is 15.0 Å². The van der Waals surface area contributed by atoms with Crippen LogP contribution in [0.5, 0.6) is 0 Å². The third kappa shape index (κ3) is 1.70. The minimum atomic E-state index is -0.314. The molecule has 2 aromatic heterocycles. The highest BCUT2D eigenvalue weighted by atomic mass is 19.1. The molecule has 0 radical (unpaired) electrons. The summed E-state index contributed by atoms with van der Waals surface area (Å²) in [4.78, 5) is 11.4. The van der Waals surface area contributed by atoms with E-state index >= 15 is 0 Å². The highest BCUT2D eigenvalue weighted by Gasteiger charge is 2.07. The van der Waals surface area contributed by atoms with Crippen molar-refractivity contribution in [3.05, 3.63) is 47.9 Å². The van der Waals surface area contributed by atoms with Crippen molar-refractivity contribution in [2.24, 2.45) is 0 Å². The molecule has 0 saturated heterocycles. The second-order valence-corrected chi connectivity index (χ2v) is 3.79. The molecule has 0 saturated carbocycles. The first-order valence-electron chi connectivity index (χ1n) is 5.28. The van der Waals surface area contributed by atoms with E-state index in [1.807, 2.05) is 6.07 Å². The number of aromatic nitrogens is 3. The molecule has 3 aromatic rings. The molecule has 18 heavy (non-hydrogen) atoms. The van der Waals surface area contributed by atoms with E-state index in [4.69, 9.17) is 5.26 Å². The summed E-state index contributed by atoms with van der Waals surface area (Å²) < 4.78 is 13.0. The molecule has 5 heteroatoms. The predicted molar refractivity (Wildman–Crippen MR) is 64.0 cm³/mol. The quantitative estimate of drug-likeness (QED) is 0.708. The summed E-state index contributed by atoms with van der Waals surface area (Å²) in [5.41, 5.74) is 2.40. The van der Waals surface area contributed by atoms with E-state index in [1.165, 1.54) is 18.3 Å². The standard InChI is InChI=1S/C13H7FN4/c14-9-2-4-10-12(5-9)18-13(17-10)11-3-1-8(6-15)7-16-11/h1-5,7H,(H,17,18). The molecule has 0 aliphatic rings. The van der Waals surface area contributed by atoms with E-state index in [9.17, 15) is 4.39 Å². The molecule has 3 rings (SSSR count). The Balaban J connectivity index is 2.10. The Morgan fingerprint density at radius 2 is 2.11 bits per heavy atom. The minimum absolute atomic E-state index is 0.314. The smallest absolute Gasteiger partial charge is 0.157 e. The lowest BCUT2D eigenvalue weighted by atomic mass is 10.2. The van der Waals surface area contributed by atoms with Crippen LogP contribution in [0.25, 0.3) is 22.6 Å². The molecule has 86 valence electrons. The largest absolute Gasteiger partial charge is 0.337 e. The van der Waals surface area contributed by atoms with Crippen LogP contribution in [-0.2, 0) is 0 Å². The van der Waals surface area contributed by atoms with E-state index in [0.717, 1.165) is 0 Å². The first-order chi connectivity index (χ1) is 8.76. The van der Waals surface area contributed by atoms with Crippen LogP contribution in [-0.4, -0.2) is 15.0 Å². The fraction of sp³-hybridized carbons (Fsp3) is 0. The van der Waals surface area contributed by atoms with Crippen molar-refractivity contribution in [1.29, 1.82) is 5.26 Å². The van der Waals surface area contributed by atoms with Crippen molar-refractivity contribution >= 4 is 11.0 Å². The Labute approximate surface area is 102 Å². The monoisotopic (exact) mass is 238 g/mol. The number of fused-ring (bicyclic) bond motifs is 1. The number of hydrogen-bond acceptors (Lipinski definition) is 3. The van der Waals surface area contributed by atoms with Gasteiger partial charge < -0.3 is 4.98 Å². The zero-order chi connectivity index (χ0) is 12.5. The SMILES string of the molecule is N#Cc1ccc(-c2nc3ccc(F)cc3[nH]2)nc1. The molecule has 0 spiro atoms. The van der Waals surface area contributed by atoms with Gasteiger partial charge in [-0.1, -0.05) is 0 Å². The number of aromatic amines is 1. The summed E-state index contributed by atoms with van der Waals surface area (Å²) in [7, 11) is 0. The lowest BCUT2D eigenvalue weighted by molar-refractivity contribution is 0.629. The lowest BCUT2D eigenvalue weighted by Crippen LogP contribution is -1.86. The van der Waals surface area contributed by atoms with Gasteiger partial charge in [0.15, 0.2) is 5.82 Å². The van der Waals surface area contributed by atoms with Gasteiger partial charge in [0.05, 0.1) is 16.6 Å². The molecule has 0 bridgehead atoms. The van der Waals surface area contributed by atoms with Crippen molar-refractivity contribution in [3.63, 3.8) is 0 Å². The van der Waals surface area contributed by atoms with E-state index in [-0.39, 0.29) is 5.82 Å². The molecular weight excluding hydrogens is 231 g/mol. The topological polar surface area (TPSA) is 65.4 Å². The Morgan fingerprint density at radius 3 is 2.83 bits per heavy atom. The molecule has 0 amide bonds. The van der Waals surface area contributed by atoms with Gasteiger partial charge >= 0.3 is 0 Å². The van der Waals surface area contributed by atoms with E-state index in [2.05, 4.69) is 15.0 Å². The fourth-order valence-corrected chi connectivity index (χ4v) is 1.70. The van der Waals surface area contributed by atoms with Gasteiger partial charge in [-0.3, -0.25) is 4.98 Å². The fourth-order valence-electron chi connectivity index (χ4n) is 1.70. The number of halogens is 1. The van der Waals surface area contributed by atoms with Crippen molar-refractivity contribution < 1.29 is 4.39 Å². The van der Waals surface area contributed by atoms with Crippen molar-refractivity contribution in [2.75, 3.05) is 0 Å². The summed E-state index contributed by atoms with van der Waals surface area (Å²) in [6.45, 7) is 0. The highest BCUT2D eigenvalue weighted by Crippen LogP contribution is 2.19. The predicted octanol–water partition coefficient (Wildman–Crippen LogP) is 2.64. The van der Waals surface area contributed by atoms with Gasteiger partial charge in [0.25, 0.3) is 0 Å². The molecule has 2 heterocycles. The maximum atomic E-state index is 13.0. The summed E-state index contributed by atoms with van der Waals surface area (Å²) >= 11 is 0. The number of imidazole rings is 1. The zero-order valence-corrected chi connectivity index (χ0v) is 9.18.